The molecule has 0 aliphatic carbocycles. The van der Waals surface area contributed by atoms with Crippen molar-refractivity contribution in [1.82, 2.24) is 0 Å². The molecule has 0 atom stereocenters. The van der Waals surface area contributed by atoms with Gasteiger partial charge in [0, 0.05) is 25.7 Å². The van der Waals surface area contributed by atoms with Crippen molar-refractivity contribution >= 4 is 0 Å². The Hall–Kier alpha value is -3.82. The van der Waals surface area contributed by atoms with Gasteiger partial charge < -0.3 is 0 Å². The molecule has 0 unspecified atom stereocenters. The van der Waals surface area contributed by atoms with E-state index in [0.717, 1.165) is 25.7 Å². The summed E-state index contributed by atoms with van der Waals surface area (Å²) < 4.78 is 0. The minimum Gasteiger partial charge on any atom is -0.0705 e. The lowest BCUT2D eigenvalue weighted by molar-refractivity contribution is 1.03. The Morgan fingerprint density at radius 2 is 0.562 bits per heavy atom. The fourth-order valence-corrected chi connectivity index (χ4v) is 3.85. The van der Waals surface area contributed by atoms with Gasteiger partial charge in [0.15, 0.2) is 0 Å². The Morgan fingerprint density at radius 3 is 0.781 bits per heavy atom. The zero-order chi connectivity index (χ0) is 21.8. The van der Waals surface area contributed by atoms with Crippen LogP contribution in [-0.2, 0) is 25.7 Å². The van der Waals surface area contributed by atoms with Gasteiger partial charge in [0.1, 0.15) is 0 Å². The Kier molecular flexibility index (Phi) is 7.72. The van der Waals surface area contributed by atoms with Gasteiger partial charge in [0.2, 0.25) is 0 Å². The molecule has 0 heterocycles. The molecule has 0 fully saturated rings. The number of allylic oxidation sites excluding steroid dienone is 2. The topological polar surface area (TPSA) is 0 Å². The van der Waals surface area contributed by atoms with Gasteiger partial charge in [-0.15, -0.1) is 0 Å². The zero-order valence-electron chi connectivity index (χ0n) is 18.4. The molecule has 4 rings (SSSR count). The van der Waals surface area contributed by atoms with Crippen LogP contribution in [0, 0.1) is 0 Å². The fraction of sp³-hybridized carbons (Fsp3) is 0.125. The van der Waals surface area contributed by atoms with Gasteiger partial charge in [-0.05, 0) is 33.4 Å². The lowest BCUT2D eigenvalue weighted by Gasteiger charge is -2.07. The molecule has 0 spiro atoms. The summed E-state index contributed by atoms with van der Waals surface area (Å²) in [4.78, 5) is 0. The van der Waals surface area contributed by atoms with E-state index in [4.69, 9.17) is 0 Å². The zero-order valence-corrected chi connectivity index (χ0v) is 18.4. The van der Waals surface area contributed by atoms with Crippen LogP contribution in [0.25, 0.3) is 0 Å². The summed E-state index contributed by atoms with van der Waals surface area (Å²) in [5.74, 6) is 0. The maximum absolute atomic E-state index is 3.59. The molecule has 0 aromatic heterocycles. The molecule has 0 amide bonds. The van der Waals surface area contributed by atoms with Crippen molar-refractivity contribution in [2.45, 2.75) is 25.7 Å². The van der Waals surface area contributed by atoms with E-state index in [1.165, 1.54) is 33.4 Å². The molecule has 0 radical (unpaired) electrons. The molecule has 0 bridgehead atoms. The molecule has 4 aromatic rings. The van der Waals surface area contributed by atoms with E-state index in [9.17, 15) is 0 Å². The first-order valence-corrected chi connectivity index (χ1v) is 11.2. The minimum atomic E-state index is 0.882. The molecule has 0 saturated heterocycles. The normalized spacial score (nSPS) is 10.1. The predicted octanol–water partition coefficient (Wildman–Crippen LogP) is 7.56. The fourth-order valence-electron chi connectivity index (χ4n) is 3.85. The quantitative estimate of drug-likeness (QED) is 0.262. The summed E-state index contributed by atoms with van der Waals surface area (Å²) in [5, 5.41) is 0. The van der Waals surface area contributed by atoms with Crippen LogP contribution in [0.4, 0.5) is 0 Å². The SMILES string of the molecule is C(=C=C(Cc1ccccc1)Cc1ccccc1)=C(Cc1ccccc1)Cc1ccccc1. The summed E-state index contributed by atoms with van der Waals surface area (Å²) in [6, 6.07) is 42.6. The van der Waals surface area contributed by atoms with Crippen LogP contribution >= 0.6 is 0 Å². The number of hydrogen-bond acceptors (Lipinski definition) is 0. The third kappa shape index (κ3) is 6.86. The first kappa shape index (κ1) is 21.4. The van der Waals surface area contributed by atoms with Crippen LogP contribution < -0.4 is 0 Å². The summed E-state index contributed by atoms with van der Waals surface area (Å²) >= 11 is 0. The Morgan fingerprint density at radius 1 is 0.344 bits per heavy atom. The standard InChI is InChI=1S/C32H28/c1-5-13-27(14-6-1)23-31(24-28-15-7-2-8-16-28)21-22-32(25-29-17-9-3-10-18-29)26-30-19-11-4-12-20-30/h1-20H,23-26H2. The molecule has 0 N–H and O–H groups in total. The Balaban J connectivity index is 1.72. The second-order valence-electron chi connectivity index (χ2n) is 8.11. The van der Waals surface area contributed by atoms with Crippen LogP contribution in [0.15, 0.2) is 144 Å². The highest BCUT2D eigenvalue weighted by atomic mass is 14.1. The van der Waals surface area contributed by atoms with Crippen molar-refractivity contribution in [2.75, 3.05) is 0 Å². The summed E-state index contributed by atoms with van der Waals surface area (Å²) in [6.45, 7) is 0. The number of hydrogen-bond donors (Lipinski definition) is 0. The van der Waals surface area contributed by atoms with Gasteiger partial charge in [-0.1, -0.05) is 133 Å². The van der Waals surface area contributed by atoms with Crippen molar-refractivity contribution in [1.29, 1.82) is 0 Å². The van der Waals surface area contributed by atoms with Crippen LogP contribution in [-0.4, -0.2) is 0 Å². The Bertz CT molecular complexity index is 1000. The van der Waals surface area contributed by atoms with Crippen molar-refractivity contribution in [3.63, 3.8) is 0 Å². The summed E-state index contributed by atoms with van der Waals surface area (Å²) in [5.41, 5.74) is 14.9. The smallest absolute Gasteiger partial charge is 0.00190 e. The first-order chi connectivity index (χ1) is 15.8. The number of benzene rings is 4. The van der Waals surface area contributed by atoms with E-state index in [2.05, 4.69) is 133 Å². The molecule has 0 saturated carbocycles. The van der Waals surface area contributed by atoms with Crippen LogP contribution in [0.3, 0.4) is 0 Å². The maximum Gasteiger partial charge on any atom is 0.00190 e. The average Bonchev–Trinajstić information content (AvgIpc) is 2.85. The van der Waals surface area contributed by atoms with E-state index in [-0.39, 0.29) is 0 Å². The average molecular weight is 413 g/mol. The second kappa shape index (κ2) is 11.5. The summed E-state index contributed by atoms with van der Waals surface area (Å²) in [7, 11) is 0. The van der Waals surface area contributed by atoms with Crippen molar-refractivity contribution in [3.05, 3.63) is 166 Å². The highest BCUT2D eigenvalue weighted by Crippen LogP contribution is 2.16. The lowest BCUT2D eigenvalue weighted by atomic mass is 9.97. The molecule has 156 valence electrons. The van der Waals surface area contributed by atoms with Gasteiger partial charge in [-0.25, -0.2) is 0 Å². The van der Waals surface area contributed by atoms with Gasteiger partial charge in [0.05, 0.1) is 0 Å². The highest BCUT2D eigenvalue weighted by Gasteiger charge is 2.04. The van der Waals surface area contributed by atoms with Crippen molar-refractivity contribution < 1.29 is 0 Å². The molecule has 0 aliphatic rings. The summed E-state index contributed by atoms with van der Waals surface area (Å²) in [6.07, 6.45) is 3.53. The van der Waals surface area contributed by atoms with E-state index in [1.807, 2.05) is 0 Å². The van der Waals surface area contributed by atoms with E-state index < -0.39 is 0 Å². The first-order valence-electron chi connectivity index (χ1n) is 11.2. The Labute approximate surface area is 191 Å². The molecule has 0 nitrogen and oxygen atoms in total. The van der Waals surface area contributed by atoms with Crippen molar-refractivity contribution in [3.8, 4) is 0 Å². The molecular formula is C32H28. The largest absolute Gasteiger partial charge is 0.0705 e. The molecule has 4 aromatic carbocycles. The molecule has 0 aliphatic heterocycles. The molecule has 32 heavy (non-hydrogen) atoms. The third-order valence-corrected chi connectivity index (χ3v) is 5.46. The minimum absolute atomic E-state index is 0.882. The monoisotopic (exact) mass is 412 g/mol. The van der Waals surface area contributed by atoms with Gasteiger partial charge in [-0.3, -0.25) is 0 Å². The van der Waals surface area contributed by atoms with E-state index >= 15 is 0 Å². The van der Waals surface area contributed by atoms with Gasteiger partial charge in [-0.2, -0.15) is 0 Å². The van der Waals surface area contributed by atoms with Crippen LogP contribution in [0.1, 0.15) is 22.3 Å². The lowest BCUT2D eigenvalue weighted by Crippen LogP contribution is -1.96. The van der Waals surface area contributed by atoms with E-state index in [1.54, 1.807) is 0 Å². The van der Waals surface area contributed by atoms with Gasteiger partial charge in [0.25, 0.3) is 0 Å². The highest BCUT2D eigenvalue weighted by molar-refractivity contribution is 5.30. The maximum atomic E-state index is 3.59. The van der Waals surface area contributed by atoms with Crippen LogP contribution in [0.2, 0.25) is 0 Å². The number of rotatable bonds is 8. The van der Waals surface area contributed by atoms with Crippen LogP contribution in [0.5, 0.6) is 0 Å². The third-order valence-electron chi connectivity index (χ3n) is 5.46. The van der Waals surface area contributed by atoms with Crippen molar-refractivity contribution in [2.24, 2.45) is 0 Å². The second-order valence-corrected chi connectivity index (χ2v) is 8.11. The molecular weight excluding hydrogens is 384 g/mol. The van der Waals surface area contributed by atoms with E-state index in [0.29, 0.717) is 0 Å². The molecule has 0 heteroatoms. The predicted molar refractivity (Wildman–Crippen MR) is 135 cm³/mol. The van der Waals surface area contributed by atoms with Gasteiger partial charge >= 0.3 is 0 Å².